The summed E-state index contributed by atoms with van der Waals surface area (Å²) in [7, 11) is 0. The first kappa shape index (κ1) is 16.0. The minimum absolute atomic E-state index is 0.113. The maximum absolute atomic E-state index is 13.1. The molecule has 116 valence electrons. The van der Waals surface area contributed by atoms with E-state index in [4.69, 9.17) is 5.73 Å². The van der Waals surface area contributed by atoms with E-state index in [0.29, 0.717) is 6.54 Å². The van der Waals surface area contributed by atoms with Crippen LogP contribution in [0.4, 0.5) is 5.69 Å². The summed E-state index contributed by atoms with van der Waals surface area (Å²) in [5.41, 5.74) is 7.84. The van der Waals surface area contributed by atoms with Crippen molar-refractivity contribution in [2.24, 2.45) is 17.1 Å². The lowest BCUT2D eigenvalue weighted by Gasteiger charge is -2.34. The molecule has 0 heterocycles. The number of anilines is 1. The van der Waals surface area contributed by atoms with Crippen molar-refractivity contribution in [2.75, 3.05) is 4.90 Å². The van der Waals surface area contributed by atoms with E-state index in [9.17, 15) is 4.79 Å². The lowest BCUT2D eigenvalue weighted by atomic mass is 9.81. The Balaban J connectivity index is 2.28. The predicted molar refractivity (Wildman–Crippen MR) is 88.1 cm³/mol. The molecule has 1 fully saturated rings. The highest BCUT2D eigenvalue weighted by atomic mass is 16.2. The van der Waals surface area contributed by atoms with Crippen LogP contribution < -0.4 is 10.6 Å². The van der Waals surface area contributed by atoms with Gasteiger partial charge in [0.1, 0.15) is 0 Å². The van der Waals surface area contributed by atoms with Gasteiger partial charge in [-0.25, -0.2) is 0 Å². The van der Waals surface area contributed by atoms with Gasteiger partial charge in [0.25, 0.3) is 0 Å². The largest absolute Gasteiger partial charge is 0.326 e. The molecule has 0 aromatic heterocycles. The first-order valence-corrected chi connectivity index (χ1v) is 7.99. The summed E-state index contributed by atoms with van der Waals surface area (Å²) in [5, 5.41) is 0. The van der Waals surface area contributed by atoms with Gasteiger partial charge in [-0.3, -0.25) is 4.79 Å². The molecule has 1 unspecified atom stereocenters. The van der Waals surface area contributed by atoms with E-state index in [1.165, 1.54) is 0 Å². The first-order valence-electron chi connectivity index (χ1n) is 7.99. The van der Waals surface area contributed by atoms with Crippen LogP contribution in [0.3, 0.4) is 0 Å². The highest BCUT2D eigenvalue weighted by molar-refractivity contribution is 5.96. The van der Waals surface area contributed by atoms with Gasteiger partial charge in [0.15, 0.2) is 0 Å². The molecule has 0 saturated heterocycles. The molecule has 1 amide bonds. The second-order valence-corrected chi connectivity index (χ2v) is 7.11. The Kier molecular flexibility index (Phi) is 4.72. The lowest BCUT2D eigenvalue weighted by Crippen LogP contribution is -2.44. The molecular formula is C18H28N2O. The number of hydrogen-bond donors (Lipinski definition) is 1. The fourth-order valence-corrected chi connectivity index (χ4v) is 3.42. The molecule has 1 saturated carbocycles. The number of carbonyl (C=O) groups is 1. The monoisotopic (exact) mass is 288 g/mol. The number of amides is 1. The zero-order valence-electron chi connectivity index (χ0n) is 13.7. The van der Waals surface area contributed by atoms with E-state index in [1.54, 1.807) is 0 Å². The van der Waals surface area contributed by atoms with Crippen LogP contribution in [-0.2, 0) is 11.3 Å². The van der Waals surface area contributed by atoms with Crippen molar-refractivity contribution < 1.29 is 4.79 Å². The van der Waals surface area contributed by atoms with Crippen LogP contribution in [0.2, 0.25) is 0 Å². The molecule has 1 aromatic carbocycles. The van der Waals surface area contributed by atoms with E-state index < -0.39 is 0 Å². The number of benzene rings is 1. The van der Waals surface area contributed by atoms with Crippen LogP contribution in [0.5, 0.6) is 0 Å². The van der Waals surface area contributed by atoms with Crippen LogP contribution >= 0.6 is 0 Å². The second-order valence-electron chi connectivity index (χ2n) is 7.11. The van der Waals surface area contributed by atoms with Gasteiger partial charge in [0, 0.05) is 24.2 Å². The molecule has 1 aromatic rings. The van der Waals surface area contributed by atoms with Gasteiger partial charge in [0.05, 0.1) is 0 Å². The van der Waals surface area contributed by atoms with Crippen molar-refractivity contribution in [3.63, 3.8) is 0 Å². The summed E-state index contributed by atoms with van der Waals surface area (Å²) >= 11 is 0. The number of nitrogens with zero attached hydrogens (tertiary/aromatic N) is 1. The Hall–Kier alpha value is -1.35. The van der Waals surface area contributed by atoms with Crippen molar-refractivity contribution in [3.8, 4) is 0 Å². The van der Waals surface area contributed by atoms with Gasteiger partial charge >= 0.3 is 0 Å². The van der Waals surface area contributed by atoms with Crippen LogP contribution in [0.25, 0.3) is 0 Å². The summed E-state index contributed by atoms with van der Waals surface area (Å²) in [5.74, 6) is 0.405. The molecule has 1 atom stereocenters. The molecule has 0 bridgehead atoms. The maximum atomic E-state index is 13.1. The summed E-state index contributed by atoms with van der Waals surface area (Å²) < 4.78 is 0. The zero-order chi connectivity index (χ0) is 15.6. The SMILES string of the molecule is CC(C)N(C(=O)C1CCCC1(C)C)c1ccc(CN)cc1. The third-order valence-electron chi connectivity index (χ3n) is 4.76. The van der Waals surface area contributed by atoms with E-state index in [2.05, 4.69) is 27.7 Å². The molecule has 3 nitrogen and oxygen atoms in total. The molecular weight excluding hydrogens is 260 g/mol. The molecule has 0 aliphatic heterocycles. The van der Waals surface area contributed by atoms with Gasteiger partial charge < -0.3 is 10.6 Å². The minimum atomic E-state index is 0.113. The number of rotatable bonds is 4. The average Bonchev–Trinajstić information content (AvgIpc) is 2.79. The fourth-order valence-electron chi connectivity index (χ4n) is 3.42. The Morgan fingerprint density at radius 3 is 2.38 bits per heavy atom. The van der Waals surface area contributed by atoms with E-state index in [1.807, 2.05) is 29.2 Å². The van der Waals surface area contributed by atoms with Gasteiger partial charge in [-0.05, 0) is 49.8 Å². The van der Waals surface area contributed by atoms with Crippen molar-refractivity contribution >= 4 is 11.6 Å². The van der Waals surface area contributed by atoms with E-state index in [0.717, 1.165) is 30.5 Å². The minimum Gasteiger partial charge on any atom is -0.326 e. The van der Waals surface area contributed by atoms with Gasteiger partial charge in [-0.1, -0.05) is 32.4 Å². The quantitative estimate of drug-likeness (QED) is 0.918. The number of hydrogen-bond acceptors (Lipinski definition) is 2. The molecule has 2 rings (SSSR count). The smallest absolute Gasteiger partial charge is 0.230 e. The highest BCUT2D eigenvalue weighted by Gasteiger charge is 2.41. The topological polar surface area (TPSA) is 46.3 Å². The van der Waals surface area contributed by atoms with Crippen LogP contribution in [-0.4, -0.2) is 11.9 Å². The Labute approximate surface area is 128 Å². The summed E-state index contributed by atoms with van der Waals surface area (Å²) in [6, 6.07) is 8.22. The van der Waals surface area contributed by atoms with E-state index >= 15 is 0 Å². The highest BCUT2D eigenvalue weighted by Crippen LogP contribution is 2.44. The van der Waals surface area contributed by atoms with Gasteiger partial charge in [-0.2, -0.15) is 0 Å². The first-order chi connectivity index (χ1) is 9.86. The van der Waals surface area contributed by atoms with Crippen molar-refractivity contribution in [3.05, 3.63) is 29.8 Å². The third-order valence-corrected chi connectivity index (χ3v) is 4.76. The van der Waals surface area contributed by atoms with Crippen molar-refractivity contribution in [2.45, 2.75) is 59.5 Å². The molecule has 0 spiro atoms. The molecule has 0 radical (unpaired) electrons. The second kappa shape index (κ2) is 6.18. The summed E-state index contributed by atoms with van der Waals surface area (Å²) in [6.45, 7) is 9.14. The fraction of sp³-hybridized carbons (Fsp3) is 0.611. The van der Waals surface area contributed by atoms with Crippen LogP contribution in [0.15, 0.2) is 24.3 Å². The molecule has 21 heavy (non-hydrogen) atoms. The van der Waals surface area contributed by atoms with E-state index in [-0.39, 0.29) is 23.3 Å². The Morgan fingerprint density at radius 2 is 1.95 bits per heavy atom. The average molecular weight is 288 g/mol. The van der Waals surface area contributed by atoms with Crippen molar-refractivity contribution in [1.82, 2.24) is 0 Å². The van der Waals surface area contributed by atoms with Gasteiger partial charge in [0.2, 0.25) is 5.91 Å². The predicted octanol–water partition coefficient (Wildman–Crippen LogP) is 3.71. The lowest BCUT2D eigenvalue weighted by molar-refractivity contribution is -0.125. The summed E-state index contributed by atoms with van der Waals surface area (Å²) in [4.78, 5) is 15.0. The standard InChI is InChI=1S/C18H28N2O/c1-13(2)20(15-9-7-14(12-19)8-10-15)17(21)16-6-5-11-18(16,3)4/h7-10,13,16H,5-6,11-12,19H2,1-4H3. The molecule has 2 N–H and O–H groups in total. The maximum Gasteiger partial charge on any atom is 0.230 e. The van der Waals surface area contributed by atoms with Crippen LogP contribution in [0, 0.1) is 11.3 Å². The van der Waals surface area contributed by atoms with Gasteiger partial charge in [-0.15, -0.1) is 0 Å². The molecule has 3 heteroatoms. The molecule has 1 aliphatic rings. The number of carbonyl (C=O) groups excluding carboxylic acids is 1. The Morgan fingerprint density at radius 1 is 1.33 bits per heavy atom. The summed E-state index contributed by atoms with van der Waals surface area (Å²) in [6.07, 6.45) is 3.30. The zero-order valence-corrected chi connectivity index (χ0v) is 13.7. The number of nitrogens with two attached hydrogens (primary N) is 1. The molecule has 1 aliphatic carbocycles. The normalized spacial score (nSPS) is 20.8. The Bertz CT molecular complexity index is 490. The third kappa shape index (κ3) is 3.29. The van der Waals surface area contributed by atoms with Crippen LogP contribution in [0.1, 0.15) is 52.5 Å². The van der Waals surface area contributed by atoms with Crippen molar-refractivity contribution in [1.29, 1.82) is 0 Å².